The smallest absolute Gasteiger partial charge is 0.0576 e. The summed E-state index contributed by atoms with van der Waals surface area (Å²) in [6.45, 7) is 2.21. The molecule has 0 aromatic carbocycles. The van der Waals surface area contributed by atoms with Crippen LogP contribution in [0, 0.1) is 17.8 Å². The number of thioether (sulfide) groups is 1. The molecule has 3 rings (SSSR count). The highest BCUT2D eigenvalue weighted by Gasteiger charge is 2.50. The van der Waals surface area contributed by atoms with Crippen LogP contribution in [0.3, 0.4) is 0 Å². The van der Waals surface area contributed by atoms with Crippen LogP contribution in [0.25, 0.3) is 0 Å². The van der Waals surface area contributed by atoms with Crippen molar-refractivity contribution < 1.29 is 10.2 Å². The monoisotopic (exact) mass is 242 g/mol. The summed E-state index contributed by atoms with van der Waals surface area (Å²) in [7, 11) is 0. The van der Waals surface area contributed by atoms with E-state index in [0.29, 0.717) is 16.4 Å². The minimum absolute atomic E-state index is 0.0610. The van der Waals surface area contributed by atoms with E-state index in [1.165, 1.54) is 12.8 Å². The predicted octanol–water partition coefficient (Wildman–Crippen LogP) is 2.04. The highest BCUT2D eigenvalue weighted by atomic mass is 32.2. The highest BCUT2D eigenvalue weighted by Crippen LogP contribution is 2.56. The SMILES string of the molecule is CC1C(O)CCC2C3CCC(O)CC3SC12. The molecule has 1 aliphatic heterocycles. The summed E-state index contributed by atoms with van der Waals surface area (Å²) in [5.41, 5.74) is 0. The molecule has 2 aliphatic carbocycles. The summed E-state index contributed by atoms with van der Waals surface area (Å²) in [5, 5.41) is 21.0. The third-order valence-corrected chi connectivity index (χ3v) is 7.02. The van der Waals surface area contributed by atoms with Gasteiger partial charge in [-0.2, -0.15) is 11.8 Å². The van der Waals surface area contributed by atoms with Crippen LogP contribution in [0.15, 0.2) is 0 Å². The van der Waals surface area contributed by atoms with E-state index in [9.17, 15) is 10.2 Å². The van der Waals surface area contributed by atoms with E-state index in [2.05, 4.69) is 18.7 Å². The van der Waals surface area contributed by atoms with Crippen molar-refractivity contribution in [2.75, 3.05) is 0 Å². The summed E-state index contributed by atoms with van der Waals surface area (Å²) in [5.74, 6) is 2.10. The summed E-state index contributed by atoms with van der Waals surface area (Å²) in [6.07, 6.45) is 5.26. The zero-order valence-electron chi connectivity index (χ0n) is 9.88. The Kier molecular flexibility index (Phi) is 2.97. The van der Waals surface area contributed by atoms with Gasteiger partial charge in [0.05, 0.1) is 12.2 Å². The van der Waals surface area contributed by atoms with E-state index < -0.39 is 0 Å². The quantitative estimate of drug-likeness (QED) is 0.683. The van der Waals surface area contributed by atoms with Crippen LogP contribution >= 0.6 is 11.8 Å². The maximum atomic E-state index is 9.95. The Labute approximate surface area is 102 Å². The molecule has 0 bridgehead atoms. The van der Waals surface area contributed by atoms with E-state index in [1.807, 2.05) is 0 Å². The van der Waals surface area contributed by atoms with Gasteiger partial charge in [-0.15, -0.1) is 0 Å². The lowest BCUT2D eigenvalue weighted by Crippen LogP contribution is -2.39. The second-order valence-corrected chi connectivity index (χ2v) is 7.36. The maximum Gasteiger partial charge on any atom is 0.0576 e. The second kappa shape index (κ2) is 4.18. The molecule has 3 aliphatic rings. The van der Waals surface area contributed by atoms with E-state index in [1.54, 1.807) is 0 Å². The molecule has 16 heavy (non-hydrogen) atoms. The number of fused-ring (bicyclic) bond motifs is 3. The van der Waals surface area contributed by atoms with Crippen molar-refractivity contribution in [3.05, 3.63) is 0 Å². The number of aliphatic hydroxyl groups excluding tert-OH is 2. The molecule has 0 aromatic rings. The molecule has 0 spiro atoms. The van der Waals surface area contributed by atoms with Crippen molar-refractivity contribution in [1.82, 2.24) is 0 Å². The lowest BCUT2D eigenvalue weighted by atomic mass is 9.69. The minimum Gasteiger partial charge on any atom is -0.393 e. The van der Waals surface area contributed by atoms with Gasteiger partial charge in [0.1, 0.15) is 0 Å². The van der Waals surface area contributed by atoms with Gasteiger partial charge in [0.15, 0.2) is 0 Å². The molecule has 2 nitrogen and oxygen atoms in total. The first-order chi connectivity index (χ1) is 7.66. The second-order valence-electron chi connectivity index (χ2n) is 5.94. The van der Waals surface area contributed by atoms with Gasteiger partial charge in [-0.05, 0) is 49.9 Å². The first kappa shape index (κ1) is 11.4. The average Bonchev–Trinajstić information content (AvgIpc) is 2.62. The number of aliphatic hydroxyl groups is 2. The first-order valence-electron chi connectivity index (χ1n) is 6.68. The van der Waals surface area contributed by atoms with Crippen molar-refractivity contribution in [3.8, 4) is 0 Å². The van der Waals surface area contributed by atoms with Gasteiger partial charge in [0.25, 0.3) is 0 Å². The van der Waals surface area contributed by atoms with E-state index >= 15 is 0 Å². The van der Waals surface area contributed by atoms with Crippen LogP contribution in [0.4, 0.5) is 0 Å². The van der Waals surface area contributed by atoms with Gasteiger partial charge in [-0.25, -0.2) is 0 Å². The third-order valence-electron chi connectivity index (χ3n) is 5.04. The van der Waals surface area contributed by atoms with Crippen molar-refractivity contribution in [1.29, 1.82) is 0 Å². The topological polar surface area (TPSA) is 40.5 Å². The van der Waals surface area contributed by atoms with Crippen LogP contribution in [-0.4, -0.2) is 32.9 Å². The van der Waals surface area contributed by atoms with Crippen molar-refractivity contribution in [2.45, 2.75) is 61.7 Å². The zero-order valence-corrected chi connectivity index (χ0v) is 10.7. The predicted molar refractivity (Wildman–Crippen MR) is 66.4 cm³/mol. The Balaban J connectivity index is 1.77. The number of hydrogen-bond donors (Lipinski definition) is 2. The summed E-state index contributed by atoms with van der Waals surface area (Å²) < 4.78 is 0. The van der Waals surface area contributed by atoms with Crippen LogP contribution in [0.2, 0.25) is 0 Å². The van der Waals surface area contributed by atoms with Gasteiger partial charge in [0.2, 0.25) is 0 Å². The number of rotatable bonds is 0. The zero-order chi connectivity index (χ0) is 11.3. The molecule has 0 radical (unpaired) electrons. The largest absolute Gasteiger partial charge is 0.393 e. The Bertz CT molecular complexity index is 271. The van der Waals surface area contributed by atoms with Crippen LogP contribution in [0.5, 0.6) is 0 Å². The van der Waals surface area contributed by atoms with E-state index in [0.717, 1.165) is 31.1 Å². The molecule has 1 saturated heterocycles. The molecule has 2 saturated carbocycles. The fraction of sp³-hybridized carbons (Fsp3) is 1.00. The summed E-state index contributed by atoms with van der Waals surface area (Å²) in [4.78, 5) is 0. The first-order valence-corrected chi connectivity index (χ1v) is 7.62. The Morgan fingerprint density at radius 1 is 1.00 bits per heavy atom. The standard InChI is InChI=1S/C13H22O2S/c1-7-11(15)5-4-10-9-3-2-8(14)6-12(9)16-13(7)10/h7-15H,2-6H2,1H3. The van der Waals surface area contributed by atoms with Crippen LogP contribution < -0.4 is 0 Å². The summed E-state index contributed by atoms with van der Waals surface area (Å²) in [6, 6.07) is 0. The molecule has 0 aromatic heterocycles. The fourth-order valence-electron chi connectivity index (χ4n) is 4.06. The van der Waals surface area contributed by atoms with E-state index in [-0.39, 0.29) is 12.2 Å². The molecular weight excluding hydrogens is 220 g/mol. The van der Waals surface area contributed by atoms with E-state index in [4.69, 9.17) is 0 Å². The van der Waals surface area contributed by atoms with Crippen LogP contribution in [0.1, 0.15) is 39.0 Å². The molecule has 2 N–H and O–H groups in total. The molecule has 3 fully saturated rings. The molecule has 0 amide bonds. The highest BCUT2D eigenvalue weighted by molar-refractivity contribution is 8.00. The third kappa shape index (κ3) is 1.72. The maximum absolute atomic E-state index is 9.95. The Morgan fingerprint density at radius 2 is 1.75 bits per heavy atom. The molecule has 1 heterocycles. The van der Waals surface area contributed by atoms with Gasteiger partial charge in [-0.1, -0.05) is 6.92 Å². The minimum atomic E-state index is -0.0844. The average molecular weight is 242 g/mol. The van der Waals surface area contributed by atoms with Gasteiger partial charge < -0.3 is 10.2 Å². The lowest BCUT2D eigenvalue weighted by Gasteiger charge is -2.37. The molecular formula is C13H22O2S. The van der Waals surface area contributed by atoms with Crippen molar-refractivity contribution in [2.24, 2.45) is 17.8 Å². The van der Waals surface area contributed by atoms with Gasteiger partial charge in [-0.3, -0.25) is 0 Å². The normalized spacial score (nSPS) is 56.8. The lowest BCUT2D eigenvalue weighted by molar-refractivity contribution is 0.0397. The van der Waals surface area contributed by atoms with Gasteiger partial charge >= 0.3 is 0 Å². The van der Waals surface area contributed by atoms with Gasteiger partial charge in [0, 0.05) is 10.5 Å². The molecule has 3 heteroatoms. The molecule has 92 valence electrons. The molecule has 7 unspecified atom stereocenters. The van der Waals surface area contributed by atoms with Crippen molar-refractivity contribution in [3.63, 3.8) is 0 Å². The Hall–Kier alpha value is 0.270. The van der Waals surface area contributed by atoms with Crippen LogP contribution in [-0.2, 0) is 0 Å². The summed E-state index contributed by atoms with van der Waals surface area (Å²) >= 11 is 2.07. The molecule has 7 atom stereocenters. The fourth-order valence-corrected chi connectivity index (χ4v) is 6.31. The van der Waals surface area contributed by atoms with Crippen molar-refractivity contribution >= 4 is 11.8 Å². The Morgan fingerprint density at radius 3 is 2.56 bits per heavy atom. The number of hydrogen-bond acceptors (Lipinski definition) is 3.